The molecule has 2 radical (unpaired) electrons. The lowest BCUT2D eigenvalue weighted by molar-refractivity contribution is 1.44. The summed E-state index contributed by atoms with van der Waals surface area (Å²) in [5.41, 5.74) is 2.01. The Morgan fingerprint density at radius 2 is 1.78 bits per heavy atom. The van der Waals surface area contributed by atoms with Crippen molar-refractivity contribution < 1.29 is 0 Å². The average molecular weight is 134 g/mol. The molecule has 0 atom stereocenters. The molecule has 0 heterocycles. The Bertz CT molecular complexity index is 181. The smallest absolute Gasteiger partial charge is 0.113 e. The predicted octanol–water partition coefficient (Wildman–Crippen LogP) is 0.910. The van der Waals surface area contributed by atoms with Gasteiger partial charge in [0, 0.05) is 5.75 Å². The molecular weight excluding hydrogens is 127 g/mol. The Hall–Kier alpha value is -0.365. The van der Waals surface area contributed by atoms with Gasteiger partial charge in [-0.25, -0.2) is 0 Å². The SMILES string of the molecule is [B]c1ccc(CS)cc1. The van der Waals surface area contributed by atoms with Crippen LogP contribution in [0.15, 0.2) is 24.3 Å². The van der Waals surface area contributed by atoms with E-state index >= 15 is 0 Å². The van der Waals surface area contributed by atoms with Crippen LogP contribution in [-0.4, -0.2) is 7.85 Å². The molecule has 0 bridgehead atoms. The molecule has 0 nitrogen and oxygen atoms in total. The number of benzene rings is 1. The fourth-order valence-corrected chi connectivity index (χ4v) is 0.834. The van der Waals surface area contributed by atoms with Gasteiger partial charge in [0.2, 0.25) is 0 Å². The van der Waals surface area contributed by atoms with Crippen LogP contribution in [-0.2, 0) is 5.75 Å². The van der Waals surface area contributed by atoms with Crippen molar-refractivity contribution in [2.24, 2.45) is 0 Å². The van der Waals surface area contributed by atoms with Gasteiger partial charge in [0.1, 0.15) is 7.85 Å². The standard InChI is InChI=1S/C7H7BS/c8-7-3-1-6(5-9)2-4-7/h1-4,9H,5H2. The van der Waals surface area contributed by atoms with E-state index in [2.05, 4.69) is 12.6 Å². The third-order valence-corrected chi connectivity index (χ3v) is 1.53. The van der Waals surface area contributed by atoms with Crippen LogP contribution in [0.5, 0.6) is 0 Å². The van der Waals surface area contributed by atoms with Crippen LogP contribution in [0.4, 0.5) is 0 Å². The van der Waals surface area contributed by atoms with E-state index in [4.69, 9.17) is 7.85 Å². The first-order chi connectivity index (χ1) is 4.33. The normalized spacial score (nSPS) is 9.44. The summed E-state index contributed by atoms with van der Waals surface area (Å²) >= 11 is 4.10. The molecule has 0 unspecified atom stereocenters. The van der Waals surface area contributed by atoms with Crippen LogP contribution >= 0.6 is 12.6 Å². The quantitative estimate of drug-likeness (QED) is 0.428. The van der Waals surface area contributed by atoms with Crippen LogP contribution in [0.3, 0.4) is 0 Å². The number of rotatable bonds is 1. The van der Waals surface area contributed by atoms with E-state index in [1.54, 1.807) is 0 Å². The number of hydrogen-bond donors (Lipinski definition) is 1. The maximum absolute atomic E-state index is 5.46. The van der Waals surface area contributed by atoms with E-state index in [0.29, 0.717) is 0 Å². The van der Waals surface area contributed by atoms with E-state index in [1.807, 2.05) is 24.3 Å². The molecule has 1 aromatic carbocycles. The molecule has 0 saturated heterocycles. The molecule has 0 aliphatic rings. The molecule has 0 saturated carbocycles. The average Bonchev–Trinajstić information content (AvgIpc) is 1.90. The van der Waals surface area contributed by atoms with Crippen molar-refractivity contribution in [3.05, 3.63) is 29.8 Å². The monoisotopic (exact) mass is 134 g/mol. The molecule has 0 fully saturated rings. The van der Waals surface area contributed by atoms with Crippen molar-refractivity contribution in [2.75, 3.05) is 0 Å². The first-order valence-electron chi connectivity index (χ1n) is 2.78. The zero-order valence-corrected chi connectivity index (χ0v) is 5.94. The van der Waals surface area contributed by atoms with E-state index in [-0.39, 0.29) is 0 Å². The zero-order valence-electron chi connectivity index (χ0n) is 5.04. The van der Waals surface area contributed by atoms with Crippen molar-refractivity contribution in [3.8, 4) is 0 Å². The highest BCUT2D eigenvalue weighted by molar-refractivity contribution is 7.79. The summed E-state index contributed by atoms with van der Waals surface area (Å²) in [5, 5.41) is 0. The maximum Gasteiger partial charge on any atom is 0.113 e. The Balaban J connectivity index is 2.88. The Kier molecular flexibility index (Phi) is 2.23. The van der Waals surface area contributed by atoms with E-state index < -0.39 is 0 Å². The highest BCUT2D eigenvalue weighted by Gasteiger charge is 1.85. The molecule has 0 aliphatic carbocycles. The molecule has 0 aromatic heterocycles. The van der Waals surface area contributed by atoms with Crippen molar-refractivity contribution in [3.63, 3.8) is 0 Å². The lowest BCUT2D eigenvalue weighted by Gasteiger charge is -1.94. The summed E-state index contributed by atoms with van der Waals surface area (Å²) < 4.78 is 0. The van der Waals surface area contributed by atoms with Gasteiger partial charge in [-0.1, -0.05) is 29.7 Å². The van der Waals surface area contributed by atoms with Gasteiger partial charge < -0.3 is 0 Å². The van der Waals surface area contributed by atoms with Gasteiger partial charge in [-0.15, -0.1) is 0 Å². The van der Waals surface area contributed by atoms with Crippen molar-refractivity contribution in [1.82, 2.24) is 0 Å². The predicted molar refractivity (Wildman–Crippen MR) is 44.5 cm³/mol. The lowest BCUT2D eigenvalue weighted by Crippen LogP contribution is -1.99. The summed E-state index contributed by atoms with van der Waals surface area (Å²) in [6.07, 6.45) is 0. The molecule has 1 rings (SSSR count). The van der Waals surface area contributed by atoms with E-state index in [9.17, 15) is 0 Å². The largest absolute Gasteiger partial charge is 0.175 e. The topological polar surface area (TPSA) is 0 Å². The molecule has 0 N–H and O–H groups in total. The zero-order chi connectivity index (χ0) is 6.69. The molecule has 9 heavy (non-hydrogen) atoms. The lowest BCUT2D eigenvalue weighted by atomic mass is 9.96. The summed E-state index contributed by atoms with van der Waals surface area (Å²) in [5.74, 6) is 0.778. The second kappa shape index (κ2) is 2.97. The third kappa shape index (κ3) is 1.79. The van der Waals surface area contributed by atoms with E-state index in [0.717, 1.165) is 11.2 Å². The van der Waals surface area contributed by atoms with Crippen molar-refractivity contribution in [2.45, 2.75) is 5.75 Å². The molecule has 0 spiro atoms. The summed E-state index contributed by atoms with van der Waals surface area (Å²) in [4.78, 5) is 0. The van der Waals surface area contributed by atoms with Gasteiger partial charge in [0.25, 0.3) is 0 Å². The maximum atomic E-state index is 5.46. The van der Waals surface area contributed by atoms with Gasteiger partial charge in [0.05, 0.1) is 0 Å². The molecule has 44 valence electrons. The van der Waals surface area contributed by atoms with Crippen molar-refractivity contribution >= 4 is 25.9 Å². The molecule has 0 amide bonds. The van der Waals surface area contributed by atoms with Gasteiger partial charge in [-0.2, -0.15) is 12.6 Å². The Morgan fingerprint density at radius 3 is 2.22 bits per heavy atom. The van der Waals surface area contributed by atoms with Crippen LogP contribution in [0, 0.1) is 0 Å². The summed E-state index contributed by atoms with van der Waals surface area (Å²) in [7, 11) is 5.46. The molecule has 2 heteroatoms. The fourth-order valence-electron chi connectivity index (χ4n) is 0.623. The highest BCUT2D eigenvalue weighted by atomic mass is 32.1. The van der Waals surface area contributed by atoms with Crippen LogP contribution in [0.2, 0.25) is 0 Å². The molecular formula is C7H7BS. The van der Waals surface area contributed by atoms with Crippen LogP contribution in [0.1, 0.15) is 5.56 Å². The van der Waals surface area contributed by atoms with Gasteiger partial charge in [-0.3, -0.25) is 0 Å². The molecule has 0 aliphatic heterocycles. The first kappa shape index (κ1) is 6.75. The minimum Gasteiger partial charge on any atom is -0.175 e. The second-order valence-corrected chi connectivity index (χ2v) is 2.22. The van der Waals surface area contributed by atoms with Crippen molar-refractivity contribution in [1.29, 1.82) is 0 Å². The second-order valence-electron chi connectivity index (χ2n) is 1.90. The fraction of sp³-hybridized carbons (Fsp3) is 0.143. The highest BCUT2D eigenvalue weighted by Crippen LogP contribution is 1.98. The van der Waals surface area contributed by atoms with Crippen LogP contribution < -0.4 is 5.46 Å². The summed E-state index contributed by atoms with van der Waals surface area (Å²) in [6, 6.07) is 7.71. The summed E-state index contributed by atoms with van der Waals surface area (Å²) in [6.45, 7) is 0. The Morgan fingerprint density at radius 1 is 1.22 bits per heavy atom. The number of hydrogen-bond acceptors (Lipinski definition) is 1. The third-order valence-electron chi connectivity index (χ3n) is 1.16. The minimum atomic E-state index is 0.778. The van der Waals surface area contributed by atoms with Gasteiger partial charge in [0.15, 0.2) is 0 Å². The number of thiol groups is 1. The van der Waals surface area contributed by atoms with E-state index in [1.165, 1.54) is 5.56 Å². The first-order valence-corrected chi connectivity index (χ1v) is 3.41. The van der Waals surface area contributed by atoms with Crippen LogP contribution in [0.25, 0.3) is 0 Å². The van der Waals surface area contributed by atoms with Gasteiger partial charge >= 0.3 is 0 Å². The molecule has 1 aromatic rings. The Labute approximate surface area is 62.1 Å². The van der Waals surface area contributed by atoms with Gasteiger partial charge in [-0.05, 0) is 5.56 Å². The minimum absolute atomic E-state index is 0.778.